The van der Waals surface area contributed by atoms with E-state index in [9.17, 15) is 27.2 Å². The molecule has 0 aliphatic carbocycles. The molecule has 3 aromatic rings. The van der Waals surface area contributed by atoms with Crippen LogP contribution in [0.4, 0.5) is 33.7 Å². The van der Waals surface area contributed by atoms with Gasteiger partial charge in [0, 0.05) is 25.4 Å². The molecule has 0 saturated heterocycles. The Morgan fingerprint density at radius 1 is 1.00 bits per heavy atom. The highest BCUT2D eigenvalue weighted by Gasteiger charge is 2.42. The topological polar surface area (TPSA) is 83.6 Å². The summed E-state index contributed by atoms with van der Waals surface area (Å²) < 4.78 is 60.1. The number of carbonyl (C=O) groups excluding carboxylic acids is 2. The monoisotopic (exact) mass is 448 g/mol. The molecular formula is C21H16F4N4O3. The number of benzene rings is 2. The fraction of sp³-hybridized carbons (Fsp3) is 0.0952. The van der Waals surface area contributed by atoms with Crippen LogP contribution in [0.25, 0.3) is 0 Å². The van der Waals surface area contributed by atoms with Gasteiger partial charge in [-0.2, -0.15) is 0 Å². The number of nitrogens with zero attached hydrogens (tertiary/aromatic N) is 2. The Bertz CT molecular complexity index is 1120. The zero-order valence-electron chi connectivity index (χ0n) is 16.5. The summed E-state index contributed by atoms with van der Waals surface area (Å²) >= 11 is 0. The number of ether oxygens (including phenoxy) is 1. The minimum atomic E-state index is -5.03. The van der Waals surface area contributed by atoms with Crippen LogP contribution in [0.1, 0.15) is 10.5 Å². The van der Waals surface area contributed by atoms with E-state index in [1.807, 2.05) is 5.32 Å². The lowest BCUT2D eigenvalue weighted by molar-refractivity contribution is -0.120. The van der Waals surface area contributed by atoms with E-state index in [-0.39, 0.29) is 17.2 Å². The van der Waals surface area contributed by atoms with Crippen molar-refractivity contribution in [2.24, 2.45) is 0 Å². The van der Waals surface area contributed by atoms with Gasteiger partial charge in [-0.1, -0.05) is 18.2 Å². The molecule has 0 atom stereocenters. The normalized spacial score (nSPS) is 10.9. The van der Waals surface area contributed by atoms with Crippen molar-refractivity contribution in [1.82, 2.24) is 10.3 Å². The van der Waals surface area contributed by atoms with Crippen molar-refractivity contribution < 1.29 is 31.9 Å². The van der Waals surface area contributed by atoms with E-state index in [0.29, 0.717) is 0 Å². The van der Waals surface area contributed by atoms with Gasteiger partial charge in [-0.3, -0.25) is 9.78 Å². The van der Waals surface area contributed by atoms with E-state index in [1.165, 1.54) is 49.6 Å². The summed E-state index contributed by atoms with van der Waals surface area (Å²) in [6, 6.07) is 10.7. The zero-order valence-corrected chi connectivity index (χ0v) is 16.5. The van der Waals surface area contributed by atoms with Gasteiger partial charge in [-0.25, -0.2) is 14.1 Å². The van der Waals surface area contributed by atoms with Crippen LogP contribution in [-0.4, -0.2) is 30.3 Å². The van der Waals surface area contributed by atoms with E-state index in [1.54, 1.807) is 0 Å². The predicted octanol–water partition coefficient (Wildman–Crippen LogP) is 4.93. The van der Waals surface area contributed by atoms with Crippen LogP contribution in [0.2, 0.25) is 0 Å². The number of rotatable bonds is 5. The molecule has 0 fully saturated rings. The minimum Gasteiger partial charge on any atom is -0.457 e. The molecule has 2 aromatic carbocycles. The van der Waals surface area contributed by atoms with E-state index in [2.05, 4.69) is 10.3 Å². The average Bonchev–Trinajstić information content (AvgIpc) is 2.75. The van der Waals surface area contributed by atoms with Crippen LogP contribution in [0.15, 0.2) is 66.9 Å². The highest BCUT2D eigenvalue weighted by Crippen LogP contribution is 2.30. The Labute approximate surface area is 179 Å². The maximum Gasteiger partial charge on any atom is 0.493 e. The molecule has 11 heteroatoms. The number of nitrogens with one attached hydrogen (secondary N) is 2. The van der Waals surface area contributed by atoms with E-state index < -0.39 is 40.3 Å². The molecule has 2 N–H and O–H groups in total. The van der Waals surface area contributed by atoms with Gasteiger partial charge in [0.05, 0.1) is 11.4 Å². The molecule has 32 heavy (non-hydrogen) atoms. The number of pyridine rings is 1. The number of alkyl halides is 3. The third kappa shape index (κ3) is 5.31. The lowest BCUT2D eigenvalue weighted by Crippen LogP contribution is -2.45. The summed E-state index contributed by atoms with van der Waals surface area (Å²) in [6.45, 7) is 0. The lowest BCUT2D eigenvalue weighted by Gasteiger charge is -2.25. The fourth-order valence-corrected chi connectivity index (χ4v) is 2.65. The number of anilines is 2. The number of carbonyl (C=O) groups is 2. The number of halogens is 4. The van der Waals surface area contributed by atoms with Gasteiger partial charge in [0.25, 0.3) is 5.91 Å². The van der Waals surface area contributed by atoms with Crippen LogP contribution >= 0.6 is 0 Å². The van der Waals surface area contributed by atoms with Gasteiger partial charge < -0.3 is 15.4 Å². The van der Waals surface area contributed by atoms with Crippen LogP contribution < -0.4 is 20.3 Å². The molecule has 166 valence electrons. The molecule has 3 rings (SSSR count). The Balaban J connectivity index is 1.78. The standard InChI is InChI=1S/C21H16F4N4O3/c1-26-19(30)18-12-15(9-10-27-18)32-14-7-8-17(16(22)11-14)28-20(31)29(21(23,24)25)13-5-3-2-4-6-13/h2-12H,1H3,(H,26,30)(H,28,31). The third-order valence-corrected chi connectivity index (χ3v) is 4.08. The molecule has 7 nitrogen and oxygen atoms in total. The first-order valence-electron chi connectivity index (χ1n) is 9.07. The summed E-state index contributed by atoms with van der Waals surface area (Å²) in [5, 5.41) is 4.31. The number of hydrogen-bond donors (Lipinski definition) is 2. The van der Waals surface area contributed by atoms with Crippen molar-refractivity contribution in [1.29, 1.82) is 0 Å². The molecule has 0 radical (unpaired) electrons. The van der Waals surface area contributed by atoms with Crippen LogP contribution in [0, 0.1) is 5.82 Å². The lowest BCUT2D eigenvalue weighted by atomic mass is 10.2. The molecule has 0 unspecified atom stereocenters. The predicted molar refractivity (Wildman–Crippen MR) is 108 cm³/mol. The van der Waals surface area contributed by atoms with Crippen molar-refractivity contribution in [3.05, 3.63) is 78.4 Å². The van der Waals surface area contributed by atoms with Crippen LogP contribution in [0.3, 0.4) is 0 Å². The zero-order chi connectivity index (χ0) is 23.3. The summed E-state index contributed by atoms with van der Waals surface area (Å²) in [6.07, 6.45) is -3.71. The first-order valence-corrected chi connectivity index (χ1v) is 9.07. The second-order valence-electron chi connectivity index (χ2n) is 6.27. The third-order valence-electron chi connectivity index (χ3n) is 4.08. The van der Waals surface area contributed by atoms with Crippen molar-refractivity contribution in [2.75, 3.05) is 17.3 Å². The van der Waals surface area contributed by atoms with Crippen molar-refractivity contribution in [3.63, 3.8) is 0 Å². The molecule has 1 aromatic heterocycles. The summed E-state index contributed by atoms with van der Waals surface area (Å²) in [5.74, 6) is -1.30. The van der Waals surface area contributed by atoms with Crippen LogP contribution in [0.5, 0.6) is 11.5 Å². The maximum atomic E-state index is 14.5. The molecule has 3 amide bonds. The second kappa shape index (κ2) is 9.33. The number of para-hydroxylation sites is 1. The first kappa shape index (κ1) is 22.5. The second-order valence-corrected chi connectivity index (χ2v) is 6.27. The highest BCUT2D eigenvalue weighted by molar-refractivity contribution is 6.02. The van der Waals surface area contributed by atoms with E-state index >= 15 is 0 Å². The molecule has 0 aliphatic rings. The Morgan fingerprint density at radius 3 is 2.31 bits per heavy atom. The van der Waals surface area contributed by atoms with Crippen molar-refractivity contribution in [3.8, 4) is 11.5 Å². The van der Waals surface area contributed by atoms with Gasteiger partial charge in [-0.15, -0.1) is 13.2 Å². The fourth-order valence-electron chi connectivity index (χ4n) is 2.65. The summed E-state index contributed by atoms with van der Waals surface area (Å²) in [5.41, 5.74) is -0.835. The Morgan fingerprint density at radius 2 is 1.69 bits per heavy atom. The van der Waals surface area contributed by atoms with Gasteiger partial charge in [-0.05, 0) is 30.3 Å². The molecule has 0 aliphatic heterocycles. The minimum absolute atomic E-state index is 0.00899. The Hall–Kier alpha value is -4.15. The Kier molecular flexibility index (Phi) is 6.57. The molecular weight excluding hydrogens is 432 g/mol. The average molecular weight is 448 g/mol. The SMILES string of the molecule is CNC(=O)c1cc(Oc2ccc(NC(=O)N(c3ccccc3)C(F)(F)F)c(F)c2)ccn1. The van der Waals surface area contributed by atoms with Gasteiger partial charge in [0.1, 0.15) is 23.0 Å². The molecule has 1 heterocycles. The molecule has 0 saturated carbocycles. The van der Waals surface area contributed by atoms with E-state index in [0.717, 1.165) is 24.3 Å². The van der Waals surface area contributed by atoms with Crippen LogP contribution in [-0.2, 0) is 0 Å². The number of urea groups is 1. The smallest absolute Gasteiger partial charge is 0.457 e. The van der Waals surface area contributed by atoms with Crippen molar-refractivity contribution in [2.45, 2.75) is 6.30 Å². The van der Waals surface area contributed by atoms with Gasteiger partial charge in [0.15, 0.2) is 0 Å². The van der Waals surface area contributed by atoms with E-state index in [4.69, 9.17) is 4.74 Å². The summed E-state index contributed by atoms with van der Waals surface area (Å²) in [7, 11) is 1.43. The maximum absolute atomic E-state index is 14.5. The van der Waals surface area contributed by atoms with Gasteiger partial charge in [0.2, 0.25) is 0 Å². The number of aromatic nitrogens is 1. The molecule has 0 bridgehead atoms. The van der Waals surface area contributed by atoms with Crippen molar-refractivity contribution >= 4 is 23.3 Å². The largest absolute Gasteiger partial charge is 0.493 e. The highest BCUT2D eigenvalue weighted by atomic mass is 19.4. The number of amides is 3. The van der Waals surface area contributed by atoms with Gasteiger partial charge >= 0.3 is 12.3 Å². The molecule has 0 spiro atoms. The first-order chi connectivity index (χ1) is 15.2. The quantitative estimate of drug-likeness (QED) is 0.428. The summed E-state index contributed by atoms with van der Waals surface area (Å²) in [4.78, 5) is 27.3. The number of hydrogen-bond acceptors (Lipinski definition) is 4.